The smallest absolute Gasteiger partial charge is 0.161 e. The number of ether oxygens (including phenoxy) is 1. The number of phenolic OH excluding ortho intramolecular Hbond substituents is 1. The molecular formula is C24H20FN3O2. The van der Waals surface area contributed by atoms with Gasteiger partial charge in [-0.05, 0) is 41.3 Å². The van der Waals surface area contributed by atoms with Crippen LogP contribution in [-0.4, -0.2) is 22.4 Å². The molecular weight excluding hydrogens is 381 g/mol. The summed E-state index contributed by atoms with van der Waals surface area (Å²) in [6, 6.07) is 20.1. The number of hydrogen-bond donors (Lipinski definition) is 4. The van der Waals surface area contributed by atoms with Crippen molar-refractivity contribution in [2.45, 2.75) is 6.42 Å². The Kier molecular flexibility index (Phi) is 4.32. The van der Waals surface area contributed by atoms with Crippen LogP contribution in [0.1, 0.15) is 11.1 Å². The maximum atomic E-state index is 13.6. The zero-order valence-corrected chi connectivity index (χ0v) is 16.3. The molecule has 6 heteroatoms. The Balaban J connectivity index is 1.64. The van der Waals surface area contributed by atoms with Gasteiger partial charge in [0.15, 0.2) is 11.5 Å². The molecule has 0 aromatic heterocycles. The zero-order chi connectivity index (χ0) is 20.7. The van der Waals surface area contributed by atoms with E-state index < -0.39 is 0 Å². The molecule has 0 atom stereocenters. The van der Waals surface area contributed by atoms with Crippen LogP contribution >= 0.6 is 0 Å². The van der Waals surface area contributed by atoms with Gasteiger partial charge in [-0.2, -0.15) is 0 Å². The van der Waals surface area contributed by atoms with Gasteiger partial charge in [0.1, 0.15) is 11.6 Å². The summed E-state index contributed by atoms with van der Waals surface area (Å²) in [5.41, 5.74) is 4.30. The second-order valence-corrected chi connectivity index (χ2v) is 7.23. The SMILES string of the molecule is COc1cc2cc3c(Nc4cccc(F)c4)[nH][nH]c-3c2c(Cc2ccccc2)c1O. The van der Waals surface area contributed by atoms with Crippen LogP contribution in [0.25, 0.3) is 22.0 Å². The van der Waals surface area contributed by atoms with E-state index in [0.29, 0.717) is 17.9 Å². The first-order chi connectivity index (χ1) is 14.6. The maximum Gasteiger partial charge on any atom is 0.161 e. The first-order valence-electron chi connectivity index (χ1n) is 9.62. The molecule has 0 amide bonds. The van der Waals surface area contributed by atoms with Crippen molar-refractivity contribution in [2.24, 2.45) is 0 Å². The number of rotatable bonds is 5. The molecule has 0 saturated carbocycles. The standard InChI is InChI=1S/C24H20FN3O2/c1-30-20-12-15-11-19-22(27-28-24(19)26-17-9-5-8-16(25)13-17)21(15)18(23(20)29)10-14-6-3-2-4-7-14/h2-9,11-13,26-29H,10H2,1H3. The normalized spacial score (nSPS) is 11.3. The third-order valence-corrected chi connectivity index (χ3v) is 5.33. The first-order valence-corrected chi connectivity index (χ1v) is 9.62. The first kappa shape index (κ1) is 18.1. The summed E-state index contributed by atoms with van der Waals surface area (Å²) in [7, 11) is 1.55. The lowest BCUT2D eigenvalue weighted by atomic mass is 9.98. The van der Waals surface area contributed by atoms with Crippen molar-refractivity contribution in [3.63, 3.8) is 0 Å². The molecule has 3 aromatic carbocycles. The number of fused-ring (bicyclic) bond motifs is 3. The van der Waals surface area contributed by atoms with Gasteiger partial charge in [-0.3, -0.25) is 10.2 Å². The monoisotopic (exact) mass is 401 g/mol. The number of H-pyrrole nitrogens is 2. The van der Waals surface area contributed by atoms with E-state index in [4.69, 9.17) is 4.74 Å². The highest BCUT2D eigenvalue weighted by Gasteiger charge is 2.23. The van der Waals surface area contributed by atoms with Gasteiger partial charge in [0, 0.05) is 28.6 Å². The minimum absolute atomic E-state index is 0.135. The average molecular weight is 401 g/mol. The lowest BCUT2D eigenvalue weighted by molar-refractivity contribution is 0.372. The summed E-state index contributed by atoms with van der Waals surface area (Å²) in [4.78, 5) is 0. The molecule has 0 spiro atoms. The molecule has 150 valence electrons. The van der Waals surface area contributed by atoms with Crippen molar-refractivity contribution in [1.29, 1.82) is 0 Å². The Morgan fingerprint density at radius 2 is 1.83 bits per heavy atom. The van der Waals surface area contributed by atoms with E-state index in [1.807, 2.05) is 42.5 Å². The summed E-state index contributed by atoms with van der Waals surface area (Å²) in [6.45, 7) is 0. The van der Waals surface area contributed by atoms with Gasteiger partial charge >= 0.3 is 0 Å². The Bertz CT molecular complexity index is 1310. The molecule has 1 heterocycles. The van der Waals surface area contributed by atoms with Gasteiger partial charge in [0.2, 0.25) is 0 Å². The highest BCUT2D eigenvalue weighted by atomic mass is 19.1. The zero-order valence-electron chi connectivity index (χ0n) is 16.3. The number of phenols is 1. The quantitative estimate of drug-likeness (QED) is 0.301. The van der Waals surface area contributed by atoms with Crippen LogP contribution in [0.3, 0.4) is 0 Å². The van der Waals surface area contributed by atoms with Crippen LogP contribution in [0.2, 0.25) is 0 Å². The van der Waals surface area contributed by atoms with Gasteiger partial charge in [-0.1, -0.05) is 36.4 Å². The summed E-state index contributed by atoms with van der Waals surface area (Å²) in [5.74, 6) is 0.982. The lowest BCUT2D eigenvalue weighted by Crippen LogP contribution is -1.94. The largest absolute Gasteiger partial charge is 0.504 e. The molecule has 2 aliphatic rings. The Labute approximate surface area is 172 Å². The fraction of sp³-hybridized carbons (Fsp3) is 0.0833. The molecule has 0 radical (unpaired) electrons. The molecule has 30 heavy (non-hydrogen) atoms. The molecule has 0 bridgehead atoms. The number of aromatic nitrogens is 2. The van der Waals surface area contributed by atoms with Crippen molar-refractivity contribution in [2.75, 3.05) is 12.4 Å². The van der Waals surface area contributed by atoms with Crippen LogP contribution in [-0.2, 0) is 6.42 Å². The fourth-order valence-electron chi connectivity index (χ4n) is 3.95. The van der Waals surface area contributed by atoms with Gasteiger partial charge in [-0.15, -0.1) is 0 Å². The van der Waals surface area contributed by atoms with Crippen LogP contribution in [0, 0.1) is 5.82 Å². The third-order valence-electron chi connectivity index (χ3n) is 5.33. The van der Waals surface area contributed by atoms with Gasteiger partial charge < -0.3 is 15.2 Å². The summed E-state index contributed by atoms with van der Waals surface area (Å²) < 4.78 is 19.0. The molecule has 5 nitrogen and oxygen atoms in total. The van der Waals surface area contributed by atoms with E-state index in [2.05, 4.69) is 15.5 Å². The molecule has 0 unspecified atom stereocenters. The van der Waals surface area contributed by atoms with E-state index in [1.54, 1.807) is 19.2 Å². The molecule has 0 fully saturated rings. The highest BCUT2D eigenvalue weighted by molar-refractivity contribution is 6.07. The molecule has 0 saturated heterocycles. The second kappa shape index (κ2) is 7.15. The average Bonchev–Trinajstić information content (AvgIpc) is 3.30. The molecule has 1 aliphatic heterocycles. The Morgan fingerprint density at radius 1 is 1.00 bits per heavy atom. The number of aromatic amines is 2. The van der Waals surface area contributed by atoms with Gasteiger partial charge in [0.05, 0.1) is 12.8 Å². The number of hydrogen-bond acceptors (Lipinski definition) is 3. The van der Waals surface area contributed by atoms with E-state index in [9.17, 15) is 9.50 Å². The second-order valence-electron chi connectivity index (χ2n) is 7.23. The van der Waals surface area contributed by atoms with Crippen LogP contribution in [0.5, 0.6) is 11.5 Å². The predicted octanol–water partition coefficient (Wildman–Crippen LogP) is 5.79. The van der Waals surface area contributed by atoms with Crippen molar-refractivity contribution in [3.8, 4) is 22.8 Å². The number of methoxy groups -OCH3 is 1. The van der Waals surface area contributed by atoms with Crippen molar-refractivity contribution >= 4 is 22.3 Å². The number of anilines is 2. The minimum atomic E-state index is -0.306. The van der Waals surface area contributed by atoms with Crippen LogP contribution < -0.4 is 10.1 Å². The summed E-state index contributed by atoms with van der Waals surface area (Å²) in [6.07, 6.45) is 0.561. The fourth-order valence-corrected chi connectivity index (χ4v) is 3.95. The van der Waals surface area contributed by atoms with Crippen LogP contribution in [0.15, 0.2) is 66.7 Å². The van der Waals surface area contributed by atoms with E-state index in [0.717, 1.165) is 39.0 Å². The predicted molar refractivity (Wildman–Crippen MR) is 116 cm³/mol. The number of halogens is 1. The van der Waals surface area contributed by atoms with E-state index >= 15 is 0 Å². The highest BCUT2D eigenvalue weighted by Crippen LogP contribution is 2.46. The van der Waals surface area contributed by atoms with E-state index in [-0.39, 0.29) is 11.6 Å². The van der Waals surface area contributed by atoms with Gasteiger partial charge in [-0.25, -0.2) is 4.39 Å². The summed E-state index contributed by atoms with van der Waals surface area (Å²) in [5, 5.41) is 22.3. The Hall–Kier alpha value is -3.93. The third kappa shape index (κ3) is 3.03. The number of nitrogens with one attached hydrogen (secondary N) is 3. The lowest BCUT2D eigenvalue weighted by Gasteiger charge is -2.12. The van der Waals surface area contributed by atoms with Crippen molar-refractivity contribution in [3.05, 3.63) is 83.7 Å². The van der Waals surface area contributed by atoms with Crippen molar-refractivity contribution < 1.29 is 14.2 Å². The van der Waals surface area contributed by atoms with E-state index in [1.165, 1.54) is 12.1 Å². The topological polar surface area (TPSA) is 73.1 Å². The Morgan fingerprint density at radius 3 is 2.60 bits per heavy atom. The van der Waals surface area contributed by atoms with Gasteiger partial charge in [0.25, 0.3) is 0 Å². The number of benzene rings is 3. The maximum absolute atomic E-state index is 13.6. The number of aromatic hydroxyl groups is 1. The van der Waals surface area contributed by atoms with Crippen LogP contribution in [0.4, 0.5) is 15.9 Å². The van der Waals surface area contributed by atoms with Crippen molar-refractivity contribution in [1.82, 2.24) is 10.2 Å². The minimum Gasteiger partial charge on any atom is -0.504 e. The summed E-state index contributed by atoms with van der Waals surface area (Å²) >= 11 is 0. The molecule has 3 aromatic rings. The molecule has 1 aliphatic carbocycles. The molecule has 5 rings (SSSR count). The molecule has 4 N–H and O–H groups in total.